The van der Waals surface area contributed by atoms with Gasteiger partial charge in [-0.1, -0.05) is 42.5 Å². The third-order valence-corrected chi connectivity index (χ3v) is 4.67. The number of halogens is 1. The first-order valence-corrected chi connectivity index (χ1v) is 8.86. The number of hydrogen-bond donors (Lipinski definition) is 0. The van der Waals surface area contributed by atoms with Crippen LogP contribution in [0.1, 0.15) is 12.8 Å². The lowest BCUT2D eigenvalue weighted by atomic mass is 10.1. The summed E-state index contributed by atoms with van der Waals surface area (Å²) < 4.78 is 6.01. The zero-order valence-corrected chi connectivity index (χ0v) is 14.6. The summed E-state index contributed by atoms with van der Waals surface area (Å²) in [6, 6.07) is 15.8. The predicted octanol–water partition coefficient (Wildman–Crippen LogP) is 3.96. The second-order valence-electron chi connectivity index (χ2n) is 6.19. The third kappa shape index (κ3) is 2.59. The van der Waals surface area contributed by atoms with Gasteiger partial charge in [0.15, 0.2) is 11.6 Å². The normalized spacial score (nSPS) is 13.1. The average molecular weight is 360 g/mol. The summed E-state index contributed by atoms with van der Waals surface area (Å²) in [4.78, 5) is 13.2. The van der Waals surface area contributed by atoms with Crippen molar-refractivity contribution in [2.24, 2.45) is 0 Å². The molecule has 4 nitrogen and oxygen atoms in total. The first-order chi connectivity index (χ1) is 12.8. The molecule has 0 radical (unpaired) electrons. The van der Waals surface area contributed by atoms with Gasteiger partial charge in [-0.05, 0) is 42.7 Å². The Bertz CT molecular complexity index is 1250. The molecule has 2 aromatic carbocycles. The molecular formula is C21H14ClN3O. The van der Waals surface area contributed by atoms with Crippen LogP contribution < -0.4 is 10.6 Å². The molecule has 26 heavy (non-hydrogen) atoms. The van der Waals surface area contributed by atoms with E-state index in [4.69, 9.17) is 16.0 Å². The van der Waals surface area contributed by atoms with Crippen molar-refractivity contribution in [3.63, 3.8) is 0 Å². The van der Waals surface area contributed by atoms with Gasteiger partial charge in [-0.15, -0.1) is 0 Å². The molecule has 0 N–H and O–H groups in total. The van der Waals surface area contributed by atoms with Crippen LogP contribution in [0.2, 0.25) is 5.28 Å². The summed E-state index contributed by atoms with van der Waals surface area (Å²) >= 11 is 6.15. The van der Waals surface area contributed by atoms with Crippen LogP contribution >= 0.6 is 11.6 Å². The monoisotopic (exact) mass is 359 g/mol. The molecule has 0 bridgehead atoms. The number of hydrogen-bond acceptors (Lipinski definition) is 4. The Morgan fingerprint density at radius 2 is 1.58 bits per heavy atom. The standard InChI is InChI=1S/C21H14ClN3O/c22-21-24-19(13-6-2-1-3-7-13)23-20(25-21)14-10-11-16-15-8-4-5-9-17(15)26-18(16)12-14/h1-3,6-12H,4-5H2. The maximum atomic E-state index is 6.15. The number of fused-ring (bicyclic) bond motifs is 3. The van der Waals surface area contributed by atoms with Crippen molar-refractivity contribution in [3.05, 3.63) is 64.4 Å². The third-order valence-electron chi connectivity index (χ3n) is 4.50. The van der Waals surface area contributed by atoms with Crippen molar-refractivity contribution < 1.29 is 4.42 Å². The molecule has 0 saturated carbocycles. The fraction of sp³-hybridized carbons (Fsp3) is 0.0952. The highest BCUT2D eigenvalue weighted by Gasteiger charge is 2.12. The van der Waals surface area contributed by atoms with E-state index in [-0.39, 0.29) is 5.28 Å². The van der Waals surface area contributed by atoms with Crippen molar-refractivity contribution in [1.82, 2.24) is 15.0 Å². The van der Waals surface area contributed by atoms with E-state index in [1.54, 1.807) is 0 Å². The van der Waals surface area contributed by atoms with E-state index in [0.717, 1.165) is 40.4 Å². The van der Waals surface area contributed by atoms with Crippen LogP contribution in [-0.4, -0.2) is 15.0 Å². The summed E-state index contributed by atoms with van der Waals surface area (Å²) in [7, 11) is 0. The highest BCUT2D eigenvalue weighted by Crippen LogP contribution is 2.24. The number of rotatable bonds is 2. The van der Waals surface area contributed by atoms with Gasteiger partial charge >= 0.3 is 0 Å². The Morgan fingerprint density at radius 3 is 2.42 bits per heavy atom. The van der Waals surface area contributed by atoms with Gasteiger partial charge in [0.05, 0.1) is 0 Å². The van der Waals surface area contributed by atoms with Gasteiger partial charge < -0.3 is 4.42 Å². The van der Waals surface area contributed by atoms with E-state index in [0.29, 0.717) is 11.6 Å². The highest BCUT2D eigenvalue weighted by atomic mass is 35.5. The summed E-state index contributed by atoms with van der Waals surface area (Å²) in [6.07, 6.45) is 6.44. The Hall–Kier alpha value is -2.98. The molecule has 0 aliphatic heterocycles. The SMILES string of the molecule is Clc1nc(-c2ccccc2)nc(-c2ccc3c4c(oc3c2)=CCCC=4)n1. The molecular weight excluding hydrogens is 346 g/mol. The van der Waals surface area contributed by atoms with Crippen LogP contribution in [-0.2, 0) is 0 Å². The van der Waals surface area contributed by atoms with Crippen LogP contribution in [0, 0.1) is 0 Å². The molecule has 0 amide bonds. The molecule has 2 heterocycles. The molecule has 1 aliphatic rings. The molecule has 0 spiro atoms. The molecule has 5 rings (SSSR count). The highest BCUT2D eigenvalue weighted by molar-refractivity contribution is 6.28. The fourth-order valence-electron chi connectivity index (χ4n) is 3.27. The van der Waals surface area contributed by atoms with E-state index >= 15 is 0 Å². The molecule has 4 aromatic rings. The molecule has 0 saturated heterocycles. The Labute approximate surface area is 154 Å². The van der Waals surface area contributed by atoms with Crippen molar-refractivity contribution in [2.75, 3.05) is 0 Å². The fourth-order valence-corrected chi connectivity index (χ4v) is 3.43. The lowest BCUT2D eigenvalue weighted by molar-refractivity contribution is 0.572. The minimum Gasteiger partial charge on any atom is -0.456 e. The largest absolute Gasteiger partial charge is 0.456 e. The van der Waals surface area contributed by atoms with Gasteiger partial charge in [0, 0.05) is 21.7 Å². The second kappa shape index (κ2) is 6.07. The van der Waals surface area contributed by atoms with Gasteiger partial charge in [-0.3, -0.25) is 0 Å². The zero-order chi connectivity index (χ0) is 17.5. The van der Waals surface area contributed by atoms with Gasteiger partial charge in [0.2, 0.25) is 5.28 Å². The number of benzene rings is 2. The van der Waals surface area contributed by atoms with E-state index in [2.05, 4.69) is 33.2 Å². The molecule has 126 valence electrons. The van der Waals surface area contributed by atoms with Crippen LogP contribution in [0.3, 0.4) is 0 Å². The Kier molecular flexibility index (Phi) is 3.57. The Morgan fingerprint density at radius 1 is 0.808 bits per heavy atom. The summed E-state index contributed by atoms with van der Waals surface area (Å²) in [5.74, 6) is 1.09. The topological polar surface area (TPSA) is 51.8 Å². The predicted molar refractivity (Wildman–Crippen MR) is 103 cm³/mol. The zero-order valence-electron chi connectivity index (χ0n) is 13.8. The quantitative estimate of drug-likeness (QED) is 0.543. The number of aromatic nitrogens is 3. The number of furan rings is 1. The van der Waals surface area contributed by atoms with Crippen molar-refractivity contribution >= 4 is 34.7 Å². The summed E-state index contributed by atoms with van der Waals surface area (Å²) in [5, 5.41) is 2.47. The van der Waals surface area contributed by atoms with Crippen LogP contribution in [0.25, 0.3) is 45.9 Å². The van der Waals surface area contributed by atoms with Crippen LogP contribution in [0.15, 0.2) is 52.9 Å². The van der Waals surface area contributed by atoms with E-state index < -0.39 is 0 Å². The molecule has 0 unspecified atom stereocenters. The molecule has 1 aliphatic carbocycles. The molecule has 0 fully saturated rings. The van der Waals surface area contributed by atoms with Crippen molar-refractivity contribution in [2.45, 2.75) is 12.8 Å². The minimum atomic E-state index is 0.175. The van der Waals surface area contributed by atoms with Gasteiger partial charge in [-0.2, -0.15) is 9.97 Å². The average Bonchev–Trinajstić information content (AvgIpc) is 3.06. The van der Waals surface area contributed by atoms with Crippen molar-refractivity contribution in [3.8, 4) is 22.8 Å². The smallest absolute Gasteiger partial charge is 0.226 e. The lowest BCUT2D eigenvalue weighted by Crippen LogP contribution is -2.21. The van der Waals surface area contributed by atoms with Crippen molar-refractivity contribution in [1.29, 1.82) is 0 Å². The van der Waals surface area contributed by atoms with Crippen LogP contribution in [0.5, 0.6) is 0 Å². The first-order valence-electron chi connectivity index (χ1n) is 8.48. The van der Waals surface area contributed by atoms with Crippen LogP contribution in [0.4, 0.5) is 0 Å². The first kappa shape index (κ1) is 15.3. The van der Waals surface area contributed by atoms with Gasteiger partial charge in [0.1, 0.15) is 11.0 Å². The van der Waals surface area contributed by atoms with Gasteiger partial charge in [0.25, 0.3) is 0 Å². The maximum Gasteiger partial charge on any atom is 0.226 e. The maximum absolute atomic E-state index is 6.15. The minimum absolute atomic E-state index is 0.175. The number of nitrogens with zero attached hydrogens (tertiary/aromatic N) is 3. The Balaban J connectivity index is 1.67. The van der Waals surface area contributed by atoms with E-state index in [9.17, 15) is 0 Å². The molecule has 5 heteroatoms. The summed E-state index contributed by atoms with van der Waals surface area (Å²) in [6.45, 7) is 0. The lowest BCUT2D eigenvalue weighted by Gasteiger charge is -2.04. The van der Waals surface area contributed by atoms with E-state index in [1.165, 1.54) is 5.22 Å². The second-order valence-corrected chi connectivity index (χ2v) is 6.53. The molecule has 2 aromatic heterocycles. The van der Waals surface area contributed by atoms with Gasteiger partial charge in [-0.25, -0.2) is 4.98 Å². The van der Waals surface area contributed by atoms with E-state index in [1.807, 2.05) is 42.5 Å². The summed E-state index contributed by atoms with van der Waals surface area (Å²) in [5.41, 5.74) is 3.53. The molecule has 0 atom stereocenters.